The number of nitrogens with zero attached hydrogens (tertiary/aromatic N) is 3. The van der Waals surface area contributed by atoms with Crippen LogP contribution in [0, 0.1) is 0 Å². The molecule has 2 fully saturated rings. The van der Waals surface area contributed by atoms with Crippen molar-refractivity contribution in [2.24, 2.45) is 0 Å². The van der Waals surface area contributed by atoms with Gasteiger partial charge in [0.2, 0.25) is 0 Å². The summed E-state index contributed by atoms with van der Waals surface area (Å²) in [7, 11) is 0. The maximum Gasteiger partial charge on any atom is 0.135 e. The van der Waals surface area contributed by atoms with E-state index in [1.54, 1.807) is 0 Å². The van der Waals surface area contributed by atoms with Gasteiger partial charge in [0.15, 0.2) is 0 Å². The maximum absolute atomic E-state index is 6.18. The van der Waals surface area contributed by atoms with Crippen molar-refractivity contribution >= 4 is 17.4 Å². The molecular weight excluding hydrogens is 274 g/mol. The van der Waals surface area contributed by atoms with Gasteiger partial charge in [-0.25, -0.2) is 9.97 Å². The number of rotatable bonds is 2. The Labute approximate surface area is 125 Å². The van der Waals surface area contributed by atoms with Crippen molar-refractivity contribution < 1.29 is 4.74 Å². The van der Waals surface area contributed by atoms with Crippen molar-refractivity contribution in [3.05, 3.63) is 17.0 Å². The molecule has 0 spiro atoms. The number of ether oxygens (including phenoxy) is 1. The first-order valence-corrected chi connectivity index (χ1v) is 7.95. The Bertz CT molecular complexity index is 478. The molecule has 0 bridgehead atoms. The standard InChI is InChI=1S/C15H22ClN3O/c1-10(2)15-17-13(16)9-14(18-15)19-7-8-20-12-6-4-3-5-11(12)19/h9-12H,3-8H2,1-2H3. The molecule has 2 unspecified atom stereocenters. The number of aromatic nitrogens is 2. The largest absolute Gasteiger partial charge is 0.374 e. The number of morpholine rings is 1. The Morgan fingerprint density at radius 3 is 2.90 bits per heavy atom. The second kappa shape index (κ2) is 5.86. The molecule has 1 aliphatic carbocycles. The van der Waals surface area contributed by atoms with Crippen LogP contribution in [0.15, 0.2) is 6.07 Å². The molecule has 0 amide bonds. The van der Waals surface area contributed by atoms with Crippen LogP contribution in [0.25, 0.3) is 0 Å². The third-order valence-corrected chi connectivity index (χ3v) is 4.44. The van der Waals surface area contributed by atoms with E-state index >= 15 is 0 Å². The van der Waals surface area contributed by atoms with E-state index in [0.29, 0.717) is 17.3 Å². The molecule has 1 aliphatic heterocycles. The zero-order valence-corrected chi connectivity index (χ0v) is 12.9. The van der Waals surface area contributed by atoms with Gasteiger partial charge in [0, 0.05) is 18.5 Å². The fourth-order valence-corrected chi connectivity index (χ4v) is 3.39. The fourth-order valence-electron chi connectivity index (χ4n) is 3.21. The lowest BCUT2D eigenvalue weighted by molar-refractivity contribution is -0.00901. The zero-order valence-electron chi connectivity index (χ0n) is 12.2. The first-order chi connectivity index (χ1) is 9.65. The van der Waals surface area contributed by atoms with Crippen molar-refractivity contribution in [3.63, 3.8) is 0 Å². The minimum Gasteiger partial charge on any atom is -0.374 e. The summed E-state index contributed by atoms with van der Waals surface area (Å²) in [6.07, 6.45) is 5.25. The second-order valence-corrected chi connectivity index (χ2v) is 6.40. The fraction of sp³-hybridized carbons (Fsp3) is 0.733. The normalized spacial score (nSPS) is 26.7. The molecular formula is C15H22ClN3O. The number of halogens is 1. The Kier molecular flexibility index (Phi) is 4.13. The Balaban J connectivity index is 1.90. The molecule has 5 heteroatoms. The van der Waals surface area contributed by atoms with E-state index in [-0.39, 0.29) is 5.92 Å². The van der Waals surface area contributed by atoms with Gasteiger partial charge < -0.3 is 9.64 Å². The smallest absolute Gasteiger partial charge is 0.135 e. The highest BCUT2D eigenvalue weighted by molar-refractivity contribution is 6.29. The SMILES string of the molecule is CC(C)c1nc(Cl)cc(N2CCOC3CCCCC32)n1. The summed E-state index contributed by atoms with van der Waals surface area (Å²) < 4.78 is 5.92. The van der Waals surface area contributed by atoms with E-state index in [0.717, 1.165) is 31.2 Å². The molecule has 1 aromatic rings. The van der Waals surface area contributed by atoms with E-state index in [1.807, 2.05) is 6.07 Å². The van der Waals surface area contributed by atoms with Gasteiger partial charge >= 0.3 is 0 Å². The van der Waals surface area contributed by atoms with Crippen LogP contribution in [0.4, 0.5) is 5.82 Å². The number of hydrogen-bond acceptors (Lipinski definition) is 4. The molecule has 0 radical (unpaired) electrons. The van der Waals surface area contributed by atoms with Crippen LogP contribution in [0.5, 0.6) is 0 Å². The van der Waals surface area contributed by atoms with Crippen molar-refractivity contribution in [2.45, 2.75) is 57.6 Å². The monoisotopic (exact) mass is 295 g/mol. The molecule has 0 N–H and O–H groups in total. The quantitative estimate of drug-likeness (QED) is 0.784. The van der Waals surface area contributed by atoms with Crippen molar-refractivity contribution in [1.29, 1.82) is 0 Å². The van der Waals surface area contributed by atoms with Gasteiger partial charge in [0.25, 0.3) is 0 Å². The van der Waals surface area contributed by atoms with Crippen LogP contribution >= 0.6 is 11.6 Å². The maximum atomic E-state index is 6.18. The van der Waals surface area contributed by atoms with E-state index in [1.165, 1.54) is 19.3 Å². The van der Waals surface area contributed by atoms with E-state index < -0.39 is 0 Å². The minimum absolute atomic E-state index is 0.288. The number of hydrogen-bond donors (Lipinski definition) is 0. The second-order valence-electron chi connectivity index (χ2n) is 6.02. The molecule has 110 valence electrons. The van der Waals surface area contributed by atoms with Crippen LogP contribution < -0.4 is 4.90 Å². The first kappa shape index (κ1) is 14.1. The molecule has 20 heavy (non-hydrogen) atoms. The summed E-state index contributed by atoms with van der Waals surface area (Å²) in [6.45, 7) is 5.86. The van der Waals surface area contributed by atoms with Gasteiger partial charge in [0.05, 0.1) is 18.8 Å². The Hall–Kier alpha value is -0.870. The summed E-state index contributed by atoms with van der Waals surface area (Å²) in [5.41, 5.74) is 0. The predicted octanol–water partition coefficient (Wildman–Crippen LogP) is 3.40. The summed E-state index contributed by atoms with van der Waals surface area (Å²) in [5.74, 6) is 2.08. The van der Waals surface area contributed by atoms with Gasteiger partial charge in [-0.2, -0.15) is 0 Å². The molecule has 2 aliphatic rings. The van der Waals surface area contributed by atoms with E-state index in [2.05, 4.69) is 23.7 Å². The summed E-state index contributed by atoms with van der Waals surface area (Å²) in [6, 6.07) is 2.34. The number of fused-ring (bicyclic) bond motifs is 1. The molecule has 4 nitrogen and oxygen atoms in total. The molecule has 2 heterocycles. The van der Waals surface area contributed by atoms with Crippen molar-refractivity contribution in [3.8, 4) is 0 Å². The Morgan fingerprint density at radius 2 is 2.10 bits per heavy atom. The molecule has 1 aromatic heterocycles. The molecule has 2 atom stereocenters. The summed E-state index contributed by atoms with van der Waals surface area (Å²) >= 11 is 6.18. The van der Waals surface area contributed by atoms with Gasteiger partial charge in [-0.05, 0) is 12.8 Å². The summed E-state index contributed by atoms with van der Waals surface area (Å²) in [4.78, 5) is 11.4. The Morgan fingerprint density at radius 1 is 1.30 bits per heavy atom. The molecule has 3 rings (SSSR count). The van der Waals surface area contributed by atoms with Crippen LogP contribution in [0.3, 0.4) is 0 Å². The lowest BCUT2D eigenvalue weighted by atomic mass is 9.90. The summed E-state index contributed by atoms with van der Waals surface area (Å²) in [5, 5.41) is 0.539. The molecule has 1 saturated heterocycles. The van der Waals surface area contributed by atoms with E-state index in [4.69, 9.17) is 21.3 Å². The van der Waals surface area contributed by atoms with Gasteiger partial charge in [-0.15, -0.1) is 0 Å². The van der Waals surface area contributed by atoms with Gasteiger partial charge in [-0.1, -0.05) is 38.3 Å². The first-order valence-electron chi connectivity index (χ1n) is 7.58. The molecule has 0 aromatic carbocycles. The predicted molar refractivity (Wildman–Crippen MR) is 80.5 cm³/mol. The lowest BCUT2D eigenvalue weighted by Gasteiger charge is -2.44. The lowest BCUT2D eigenvalue weighted by Crippen LogP contribution is -2.53. The van der Waals surface area contributed by atoms with Crippen molar-refractivity contribution in [2.75, 3.05) is 18.1 Å². The van der Waals surface area contributed by atoms with Gasteiger partial charge in [0.1, 0.15) is 16.8 Å². The highest BCUT2D eigenvalue weighted by Gasteiger charge is 2.35. The number of anilines is 1. The van der Waals surface area contributed by atoms with Crippen molar-refractivity contribution in [1.82, 2.24) is 9.97 Å². The zero-order chi connectivity index (χ0) is 14.1. The van der Waals surface area contributed by atoms with Crippen LogP contribution in [-0.2, 0) is 4.74 Å². The third-order valence-electron chi connectivity index (χ3n) is 4.24. The highest BCUT2D eigenvalue weighted by atomic mass is 35.5. The van der Waals surface area contributed by atoms with E-state index in [9.17, 15) is 0 Å². The average Bonchev–Trinajstić information content (AvgIpc) is 2.46. The highest BCUT2D eigenvalue weighted by Crippen LogP contribution is 2.32. The molecule has 1 saturated carbocycles. The topological polar surface area (TPSA) is 38.2 Å². The van der Waals surface area contributed by atoms with Gasteiger partial charge in [-0.3, -0.25) is 0 Å². The van der Waals surface area contributed by atoms with Crippen LogP contribution in [0.2, 0.25) is 5.15 Å². The average molecular weight is 296 g/mol. The van der Waals surface area contributed by atoms with Crippen LogP contribution in [-0.4, -0.2) is 35.3 Å². The van der Waals surface area contributed by atoms with Crippen LogP contribution in [0.1, 0.15) is 51.3 Å². The third kappa shape index (κ3) is 2.77. The minimum atomic E-state index is 0.288.